The molecule has 6 heteroatoms. The Hall–Kier alpha value is -4.16. The van der Waals surface area contributed by atoms with Crippen molar-refractivity contribution in [2.45, 2.75) is 62.3 Å². The number of hydrogen-bond donors (Lipinski definition) is 1. The van der Waals surface area contributed by atoms with Crippen LogP contribution in [0.4, 0.5) is 0 Å². The molecule has 0 aliphatic carbocycles. The van der Waals surface area contributed by atoms with Crippen LogP contribution in [0, 0.1) is 0 Å². The normalized spacial score (nSPS) is 12.3. The minimum Gasteiger partial charge on any atom is -0.507 e. The summed E-state index contributed by atoms with van der Waals surface area (Å²) in [5.74, 6) is 0.789. The summed E-state index contributed by atoms with van der Waals surface area (Å²) < 4.78 is 6.39. The van der Waals surface area contributed by atoms with E-state index in [2.05, 4.69) is 70.8 Å². The number of aromatic hydroxyl groups is 1. The van der Waals surface area contributed by atoms with E-state index in [9.17, 15) is 5.11 Å². The molecule has 0 aliphatic heterocycles. The van der Waals surface area contributed by atoms with Crippen LogP contribution in [0.3, 0.4) is 0 Å². The molecule has 1 N–H and O–H groups in total. The molecule has 3 aromatic carbocycles. The number of hydrogen-bond acceptors (Lipinski definition) is 6. The van der Waals surface area contributed by atoms with Gasteiger partial charge in [-0.05, 0) is 58.9 Å². The fourth-order valence-corrected chi connectivity index (χ4v) is 5.78. The van der Waals surface area contributed by atoms with E-state index in [4.69, 9.17) is 14.4 Å². The van der Waals surface area contributed by atoms with E-state index in [1.807, 2.05) is 54.6 Å². The largest absolute Gasteiger partial charge is 0.507 e. The summed E-state index contributed by atoms with van der Waals surface area (Å²) in [6.45, 7) is 12.9. The van der Waals surface area contributed by atoms with Gasteiger partial charge in [0.2, 0.25) is 0 Å². The zero-order chi connectivity index (χ0) is 28.9. The van der Waals surface area contributed by atoms with E-state index in [-0.39, 0.29) is 16.6 Å². The summed E-state index contributed by atoms with van der Waals surface area (Å²) >= 11 is 1.59. The van der Waals surface area contributed by atoms with Gasteiger partial charge in [0.25, 0.3) is 0 Å². The highest BCUT2D eigenvalue weighted by Crippen LogP contribution is 2.45. The first kappa shape index (κ1) is 27.0. The Bertz CT molecular complexity index is 1900. The SMILES string of the molecule is CC(C)(C)c1cc(-c2nc(-c3cccc(Sc4ccccn4)c3)nc3c2oc2ccccc23)c(O)c(C(C)(C)C)c1. The van der Waals surface area contributed by atoms with Gasteiger partial charge in [-0.25, -0.2) is 15.0 Å². The molecule has 0 fully saturated rings. The third-order valence-electron chi connectivity index (χ3n) is 7.21. The minimum atomic E-state index is -0.278. The van der Waals surface area contributed by atoms with Gasteiger partial charge in [0.1, 0.15) is 27.6 Å². The van der Waals surface area contributed by atoms with Crippen LogP contribution >= 0.6 is 11.8 Å². The predicted molar refractivity (Wildman–Crippen MR) is 168 cm³/mol. The van der Waals surface area contributed by atoms with E-state index in [1.54, 1.807) is 18.0 Å². The lowest BCUT2D eigenvalue weighted by atomic mass is 9.78. The van der Waals surface area contributed by atoms with Gasteiger partial charge in [-0.2, -0.15) is 0 Å². The highest BCUT2D eigenvalue weighted by atomic mass is 32.2. The predicted octanol–water partition coefficient (Wildman–Crippen LogP) is 9.56. The highest BCUT2D eigenvalue weighted by Gasteiger charge is 2.28. The molecule has 0 unspecified atom stereocenters. The fraction of sp³-hybridized carbons (Fsp3) is 0.229. The van der Waals surface area contributed by atoms with E-state index < -0.39 is 0 Å². The molecule has 5 nitrogen and oxygen atoms in total. The second-order valence-corrected chi connectivity index (χ2v) is 13.5. The van der Waals surface area contributed by atoms with Crippen molar-refractivity contribution >= 4 is 33.8 Å². The van der Waals surface area contributed by atoms with Gasteiger partial charge in [0.05, 0.1) is 0 Å². The van der Waals surface area contributed by atoms with E-state index in [0.29, 0.717) is 22.7 Å². The number of para-hydroxylation sites is 1. The van der Waals surface area contributed by atoms with Crippen LogP contribution in [0.5, 0.6) is 5.75 Å². The van der Waals surface area contributed by atoms with Crippen LogP contribution in [0.15, 0.2) is 99.4 Å². The van der Waals surface area contributed by atoms with Gasteiger partial charge >= 0.3 is 0 Å². The van der Waals surface area contributed by atoms with Crippen molar-refractivity contribution in [2.75, 3.05) is 0 Å². The molecule has 0 aliphatic rings. The Kier molecular flexibility index (Phi) is 6.62. The van der Waals surface area contributed by atoms with Gasteiger partial charge in [-0.3, -0.25) is 0 Å². The number of phenols is 1. The lowest BCUT2D eigenvalue weighted by Gasteiger charge is -2.27. The molecule has 3 aromatic heterocycles. The Morgan fingerprint density at radius 1 is 0.780 bits per heavy atom. The van der Waals surface area contributed by atoms with E-state index >= 15 is 0 Å². The van der Waals surface area contributed by atoms with Crippen molar-refractivity contribution in [3.63, 3.8) is 0 Å². The number of benzene rings is 3. The quantitative estimate of drug-likeness (QED) is 0.232. The molecule has 0 atom stereocenters. The molecule has 0 spiro atoms. The van der Waals surface area contributed by atoms with Crippen molar-refractivity contribution in [3.05, 3.63) is 96.2 Å². The molecule has 0 bridgehead atoms. The zero-order valence-corrected chi connectivity index (χ0v) is 25.0. The average Bonchev–Trinajstić information content (AvgIpc) is 3.31. The Labute approximate surface area is 244 Å². The lowest BCUT2D eigenvalue weighted by Crippen LogP contribution is -2.17. The second-order valence-electron chi connectivity index (χ2n) is 12.4. The number of rotatable bonds is 4. The van der Waals surface area contributed by atoms with Gasteiger partial charge in [0, 0.05) is 33.2 Å². The molecule has 6 aromatic rings. The monoisotopic (exact) mass is 559 g/mol. The van der Waals surface area contributed by atoms with Crippen LogP contribution in [0.1, 0.15) is 52.7 Å². The van der Waals surface area contributed by atoms with Crippen LogP contribution in [-0.4, -0.2) is 20.1 Å². The smallest absolute Gasteiger partial charge is 0.180 e. The van der Waals surface area contributed by atoms with Crippen LogP contribution in [0.25, 0.3) is 44.7 Å². The summed E-state index contributed by atoms with van der Waals surface area (Å²) in [6, 6.07) is 26.1. The first-order chi connectivity index (χ1) is 19.5. The van der Waals surface area contributed by atoms with Crippen molar-refractivity contribution in [2.24, 2.45) is 0 Å². The maximum atomic E-state index is 11.8. The third-order valence-corrected chi connectivity index (χ3v) is 8.15. The van der Waals surface area contributed by atoms with E-state index in [0.717, 1.165) is 43.1 Å². The second kappa shape index (κ2) is 10.0. The highest BCUT2D eigenvalue weighted by molar-refractivity contribution is 7.99. The van der Waals surface area contributed by atoms with Gasteiger partial charge in [-0.15, -0.1) is 0 Å². The summed E-state index contributed by atoms with van der Waals surface area (Å²) in [5.41, 5.74) is 5.71. The first-order valence-electron chi connectivity index (χ1n) is 13.8. The number of nitrogens with zero attached hydrogens (tertiary/aromatic N) is 3. The molecule has 0 saturated carbocycles. The summed E-state index contributed by atoms with van der Waals surface area (Å²) in [5, 5.41) is 13.6. The van der Waals surface area contributed by atoms with Crippen molar-refractivity contribution in [1.29, 1.82) is 0 Å². The van der Waals surface area contributed by atoms with E-state index in [1.165, 1.54) is 0 Å². The molecular weight excluding hydrogens is 526 g/mol. The van der Waals surface area contributed by atoms with Crippen molar-refractivity contribution in [1.82, 2.24) is 15.0 Å². The van der Waals surface area contributed by atoms with Crippen LogP contribution in [0.2, 0.25) is 0 Å². The molecule has 206 valence electrons. The Morgan fingerprint density at radius 2 is 1.56 bits per heavy atom. The molecule has 0 radical (unpaired) electrons. The number of phenolic OH excluding ortho intramolecular Hbond substituents is 1. The first-order valence-corrected chi connectivity index (χ1v) is 14.6. The molecule has 3 heterocycles. The Morgan fingerprint density at radius 3 is 2.29 bits per heavy atom. The average molecular weight is 560 g/mol. The molecule has 6 rings (SSSR count). The fourth-order valence-electron chi connectivity index (χ4n) is 4.95. The topological polar surface area (TPSA) is 72.0 Å². The number of fused-ring (bicyclic) bond motifs is 3. The number of aromatic nitrogens is 3. The zero-order valence-electron chi connectivity index (χ0n) is 24.2. The maximum Gasteiger partial charge on any atom is 0.180 e. The molecule has 0 saturated heterocycles. The number of furan rings is 1. The number of pyridine rings is 1. The van der Waals surface area contributed by atoms with Crippen molar-refractivity contribution in [3.8, 4) is 28.4 Å². The van der Waals surface area contributed by atoms with Crippen LogP contribution < -0.4 is 0 Å². The lowest BCUT2D eigenvalue weighted by molar-refractivity contribution is 0.446. The van der Waals surface area contributed by atoms with Crippen molar-refractivity contribution < 1.29 is 9.52 Å². The van der Waals surface area contributed by atoms with Gasteiger partial charge < -0.3 is 9.52 Å². The summed E-state index contributed by atoms with van der Waals surface area (Å²) in [6.07, 6.45) is 1.80. The van der Waals surface area contributed by atoms with Gasteiger partial charge in [0.15, 0.2) is 11.4 Å². The standard InChI is InChI=1S/C35H33N3O2S/c1-34(2,3)22-19-25(31(39)26(20-22)35(4,5)6)30-32-29(24-14-7-8-15-27(24)40-32)37-33(38-30)21-12-11-13-23(18-21)41-28-16-9-10-17-36-28/h7-20,39H,1-6H3. The Balaban J connectivity index is 1.62. The van der Waals surface area contributed by atoms with Gasteiger partial charge in [-0.1, -0.05) is 89.7 Å². The third kappa shape index (κ3) is 5.20. The summed E-state index contributed by atoms with van der Waals surface area (Å²) in [7, 11) is 0. The molecule has 41 heavy (non-hydrogen) atoms. The van der Waals surface area contributed by atoms with Crippen LogP contribution in [-0.2, 0) is 10.8 Å². The summed E-state index contributed by atoms with van der Waals surface area (Å²) in [4.78, 5) is 15.6. The molecular formula is C35H33N3O2S. The molecule has 0 amide bonds. The maximum absolute atomic E-state index is 11.8. The minimum absolute atomic E-state index is 0.137.